The van der Waals surface area contributed by atoms with Crippen molar-refractivity contribution in [3.63, 3.8) is 0 Å². The van der Waals surface area contributed by atoms with Gasteiger partial charge in [0.05, 0.1) is 16.6 Å². The van der Waals surface area contributed by atoms with Crippen molar-refractivity contribution in [2.45, 2.75) is 31.8 Å². The molecule has 0 aliphatic rings. The second kappa shape index (κ2) is 6.34. The number of carboxylic acids is 1. The average Bonchev–Trinajstić information content (AvgIpc) is 2.35. The van der Waals surface area contributed by atoms with Crippen molar-refractivity contribution < 1.29 is 23.4 Å². The van der Waals surface area contributed by atoms with Crippen LogP contribution >= 0.6 is 0 Å². The van der Waals surface area contributed by atoms with E-state index in [9.17, 15) is 18.3 Å². The standard InChI is InChI=1S/C13H19NO5S/c1-8(2)12(15)7-14-20(18,19)10-5-4-9(3)11(6-10)13(16)17/h4-6,8,12,14-15H,7H2,1-3H3,(H,16,17). The van der Waals surface area contributed by atoms with Gasteiger partial charge in [-0.25, -0.2) is 17.9 Å². The maximum atomic E-state index is 12.0. The Bertz CT molecular complexity index is 595. The smallest absolute Gasteiger partial charge is 0.335 e. The van der Waals surface area contributed by atoms with Gasteiger partial charge in [0.15, 0.2) is 0 Å². The monoisotopic (exact) mass is 301 g/mol. The Kier molecular flexibility index (Phi) is 5.27. The van der Waals surface area contributed by atoms with Crippen molar-refractivity contribution in [3.05, 3.63) is 29.3 Å². The molecule has 0 aromatic heterocycles. The fraction of sp³-hybridized carbons (Fsp3) is 0.462. The van der Waals surface area contributed by atoms with Crippen molar-refractivity contribution in [3.8, 4) is 0 Å². The molecular formula is C13H19NO5S. The van der Waals surface area contributed by atoms with Gasteiger partial charge < -0.3 is 10.2 Å². The first-order valence-electron chi connectivity index (χ1n) is 6.17. The molecule has 0 fully saturated rings. The van der Waals surface area contributed by atoms with E-state index in [2.05, 4.69) is 4.72 Å². The first-order chi connectivity index (χ1) is 9.15. The minimum atomic E-state index is -3.83. The zero-order valence-electron chi connectivity index (χ0n) is 11.6. The lowest BCUT2D eigenvalue weighted by molar-refractivity contribution is 0.0696. The predicted molar refractivity (Wildman–Crippen MR) is 74.2 cm³/mol. The highest BCUT2D eigenvalue weighted by Crippen LogP contribution is 2.16. The minimum Gasteiger partial charge on any atom is -0.478 e. The van der Waals surface area contributed by atoms with Crippen LogP contribution in [0.15, 0.2) is 23.1 Å². The molecule has 0 bridgehead atoms. The van der Waals surface area contributed by atoms with E-state index in [1.54, 1.807) is 20.8 Å². The van der Waals surface area contributed by atoms with Crippen molar-refractivity contribution in [2.75, 3.05) is 6.54 Å². The van der Waals surface area contributed by atoms with E-state index in [1.165, 1.54) is 12.1 Å². The van der Waals surface area contributed by atoms with Gasteiger partial charge in [-0.2, -0.15) is 0 Å². The molecule has 0 spiro atoms. The molecular weight excluding hydrogens is 282 g/mol. The molecule has 0 aliphatic heterocycles. The lowest BCUT2D eigenvalue weighted by Gasteiger charge is -2.15. The van der Waals surface area contributed by atoms with Crippen LogP contribution in [0.25, 0.3) is 0 Å². The van der Waals surface area contributed by atoms with Crippen LogP contribution in [0.4, 0.5) is 0 Å². The minimum absolute atomic E-state index is 0.0581. The molecule has 7 heteroatoms. The summed E-state index contributed by atoms with van der Waals surface area (Å²) in [4.78, 5) is 10.9. The third kappa shape index (κ3) is 4.03. The molecule has 3 N–H and O–H groups in total. The highest BCUT2D eigenvalue weighted by atomic mass is 32.2. The Morgan fingerprint density at radius 2 is 1.95 bits per heavy atom. The van der Waals surface area contributed by atoms with Crippen LogP contribution in [0.1, 0.15) is 29.8 Å². The normalized spacial score (nSPS) is 13.4. The lowest BCUT2D eigenvalue weighted by Crippen LogP contribution is -2.34. The summed E-state index contributed by atoms with van der Waals surface area (Å²) in [5, 5.41) is 18.6. The SMILES string of the molecule is Cc1ccc(S(=O)(=O)NCC(O)C(C)C)cc1C(=O)O. The van der Waals surface area contributed by atoms with Crippen LogP contribution in [0.5, 0.6) is 0 Å². The Morgan fingerprint density at radius 3 is 2.45 bits per heavy atom. The fourth-order valence-corrected chi connectivity index (χ4v) is 2.59. The fourth-order valence-electron chi connectivity index (χ4n) is 1.51. The summed E-state index contributed by atoms with van der Waals surface area (Å²) < 4.78 is 26.3. The zero-order chi connectivity index (χ0) is 15.5. The Balaban J connectivity index is 2.99. The van der Waals surface area contributed by atoms with Gasteiger partial charge in [0, 0.05) is 6.54 Å². The molecule has 1 unspecified atom stereocenters. The molecule has 0 heterocycles. The zero-order valence-corrected chi connectivity index (χ0v) is 12.4. The van der Waals surface area contributed by atoms with Gasteiger partial charge in [0.25, 0.3) is 0 Å². The molecule has 20 heavy (non-hydrogen) atoms. The number of nitrogens with one attached hydrogen (secondary N) is 1. The Labute approximate surface area is 118 Å². The van der Waals surface area contributed by atoms with Gasteiger partial charge in [0.2, 0.25) is 10.0 Å². The number of carbonyl (C=O) groups is 1. The summed E-state index contributed by atoms with van der Waals surface area (Å²) in [6, 6.07) is 3.89. The number of aromatic carboxylic acids is 1. The number of aliphatic hydroxyl groups excluding tert-OH is 1. The molecule has 1 rings (SSSR count). The Morgan fingerprint density at radius 1 is 1.35 bits per heavy atom. The van der Waals surface area contributed by atoms with Crippen molar-refractivity contribution in [1.29, 1.82) is 0 Å². The first kappa shape index (κ1) is 16.6. The molecule has 1 atom stereocenters. The maximum absolute atomic E-state index is 12.0. The number of aliphatic hydroxyl groups is 1. The average molecular weight is 301 g/mol. The van der Waals surface area contributed by atoms with E-state index in [-0.39, 0.29) is 22.9 Å². The van der Waals surface area contributed by atoms with Gasteiger partial charge in [0.1, 0.15) is 0 Å². The van der Waals surface area contributed by atoms with E-state index in [0.29, 0.717) is 5.56 Å². The summed E-state index contributed by atoms with van der Waals surface area (Å²) in [6.07, 6.45) is -0.797. The summed E-state index contributed by atoms with van der Waals surface area (Å²) in [5.74, 6) is -1.26. The van der Waals surface area contributed by atoms with Crippen LogP contribution in [-0.2, 0) is 10.0 Å². The van der Waals surface area contributed by atoms with Gasteiger partial charge in [-0.05, 0) is 30.5 Å². The van der Waals surface area contributed by atoms with Crippen molar-refractivity contribution in [1.82, 2.24) is 4.72 Å². The number of carboxylic acid groups (broad SMARTS) is 1. The molecule has 0 radical (unpaired) electrons. The second-order valence-corrected chi connectivity index (χ2v) is 6.71. The summed E-state index contributed by atoms with van der Waals surface area (Å²) in [5.41, 5.74) is 0.427. The largest absolute Gasteiger partial charge is 0.478 e. The maximum Gasteiger partial charge on any atom is 0.335 e. The molecule has 0 amide bonds. The number of rotatable bonds is 6. The van der Waals surface area contributed by atoms with Crippen molar-refractivity contribution >= 4 is 16.0 Å². The number of hydrogen-bond donors (Lipinski definition) is 3. The Hall–Kier alpha value is -1.44. The van der Waals surface area contributed by atoms with Crippen LogP contribution < -0.4 is 4.72 Å². The van der Waals surface area contributed by atoms with E-state index < -0.39 is 22.1 Å². The van der Waals surface area contributed by atoms with E-state index >= 15 is 0 Å². The molecule has 0 saturated heterocycles. The summed E-state index contributed by atoms with van der Waals surface area (Å²) in [7, 11) is -3.83. The van der Waals surface area contributed by atoms with Crippen LogP contribution in [0.3, 0.4) is 0 Å². The molecule has 112 valence electrons. The molecule has 1 aromatic carbocycles. The highest BCUT2D eigenvalue weighted by Gasteiger charge is 2.19. The van der Waals surface area contributed by atoms with E-state index in [0.717, 1.165) is 6.07 Å². The van der Waals surface area contributed by atoms with Crippen LogP contribution in [0.2, 0.25) is 0 Å². The first-order valence-corrected chi connectivity index (χ1v) is 7.65. The van der Waals surface area contributed by atoms with E-state index in [1.807, 2.05) is 0 Å². The number of aryl methyl sites for hydroxylation is 1. The van der Waals surface area contributed by atoms with Crippen LogP contribution in [-0.4, -0.2) is 37.2 Å². The van der Waals surface area contributed by atoms with Gasteiger partial charge in [-0.3, -0.25) is 0 Å². The number of hydrogen-bond acceptors (Lipinski definition) is 4. The second-order valence-electron chi connectivity index (χ2n) is 4.95. The topological polar surface area (TPSA) is 104 Å². The molecule has 1 aromatic rings. The predicted octanol–water partition coefficient (Wildman–Crippen LogP) is 0.988. The molecule has 0 aliphatic carbocycles. The molecule has 0 saturated carbocycles. The van der Waals surface area contributed by atoms with Gasteiger partial charge in [-0.1, -0.05) is 19.9 Å². The van der Waals surface area contributed by atoms with Gasteiger partial charge in [-0.15, -0.1) is 0 Å². The summed E-state index contributed by atoms with van der Waals surface area (Å²) in [6.45, 7) is 5.02. The lowest BCUT2D eigenvalue weighted by atomic mass is 10.1. The highest BCUT2D eigenvalue weighted by molar-refractivity contribution is 7.89. The van der Waals surface area contributed by atoms with Crippen LogP contribution in [0, 0.1) is 12.8 Å². The number of sulfonamides is 1. The third-order valence-electron chi connectivity index (χ3n) is 3.00. The van der Waals surface area contributed by atoms with Gasteiger partial charge >= 0.3 is 5.97 Å². The quantitative estimate of drug-likeness (QED) is 0.727. The molecule has 6 nitrogen and oxygen atoms in total. The third-order valence-corrected chi connectivity index (χ3v) is 4.42. The number of benzene rings is 1. The van der Waals surface area contributed by atoms with E-state index in [4.69, 9.17) is 5.11 Å². The summed E-state index contributed by atoms with van der Waals surface area (Å²) >= 11 is 0. The van der Waals surface area contributed by atoms with Crippen molar-refractivity contribution in [2.24, 2.45) is 5.92 Å².